The van der Waals surface area contributed by atoms with E-state index in [1.165, 1.54) is 11.1 Å². The van der Waals surface area contributed by atoms with Gasteiger partial charge in [-0.15, -0.1) is 11.6 Å². The van der Waals surface area contributed by atoms with Gasteiger partial charge in [0.05, 0.1) is 7.11 Å². The number of methoxy groups -OCH3 is 1. The second-order valence-corrected chi connectivity index (χ2v) is 5.55. The van der Waals surface area contributed by atoms with Gasteiger partial charge in [0.15, 0.2) is 0 Å². The molecule has 0 saturated carbocycles. The van der Waals surface area contributed by atoms with E-state index in [2.05, 4.69) is 34.1 Å². The van der Waals surface area contributed by atoms with Crippen molar-refractivity contribution in [2.75, 3.05) is 13.0 Å². The summed E-state index contributed by atoms with van der Waals surface area (Å²) in [6.07, 6.45) is 0.871. The maximum absolute atomic E-state index is 6.16. The molecule has 0 bridgehead atoms. The predicted octanol–water partition coefficient (Wildman–Crippen LogP) is 5.02. The molecule has 1 nitrogen and oxygen atoms in total. The molecule has 19 heavy (non-hydrogen) atoms. The zero-order valence-corrected chi connectivity index (χ0v) is 13.1. The van der Waals surface area contributed by atoms with Crippen LogP contribution in [0.5, 0.6) is 5.75 Å². The number of ether oxygens (including phenoxy) is 1. The summed E-state index contributed by atoms with van der Waals surface area (Å²) in [5.74, 6) is 1.78. The number of hydrogen-bond donors (Lipinski definition) is 0. The minimum atomic E-state index is 0.272. The second kappa shape index (κ2) is 6.97. The van der Waals surface area contributed by atoms with Crippen LogP contribution in [0.15, 0.2) is 53.0 Å². The van der Waals surface area contributed by atoms with Crippen molar-refractivity contribution in [2.45, 2.75) is 12.3 Å². The molecule has 2 aromatic rings. The lowest BCUT2D eigenvalue weighted by molar-refractivity contribution is 0.408. The molecule has 0 fully saturated rings. The van der Waals surface area contributed by atoms with Crippen molar-refractivity contribution >= 4 is 27.5 Å². The number of hydrogen-bond acceptors (Lipinski definition) is 1. The van der Waals surface area contributed by atoms with Gasteiger partial charge in [-0.2, -0.15) is 0 Å². The smallest absolute Gasteiger partial charge is 0.122 e. The molecule has 100 valence electrons. The quantitative estimate of drug-likeness (QED) is 0.695. The molecule has 0 saturated heterocycles. The van der Waals surface area contributed by atoms with Crippen LogP contribution in [0.1, 0.15) is 17.0 Å². The van der Waals surface area contributed by atoms with Gasteiger partial charge in [-0.05, 0) is 29.7 Å². The molecule has 0 aliphatic heterocycles. The fourth-order valence-corrected chi connectivity index (χ4v) is 3.07. The molecule has 1 atom stereocenters. The number of para-hydroxylation sites is 1. The molecule has 0 spiro atoms. The zero-order chi connectivity index (χ0) is 13.7. The first kappa shape index (κ1) is 14.4. The van der Waals surface area contributed by atoms with Crippen molar-refractivity contribution in [3.8, 4) is 5.75 Å². The Morgan fingerprint density at radius 3 is 2.47 bits per heavy atom. The lowest BCUT2D eigenvalue weighted by Crippen LogP contribution is -2.06. The third-order valence-corrected chi connectivity index (χ3v) is 4.28. The number of halogens is 2. The van der Waals surface area contributed by atoms with Gasteiger partial charge in [0, 0.05) is 16.3 Å². The second-order valence-electron chi connectivity index (χ2n) is 4.39. The Balaban J connectivity index is 2.27. The zero-order valence-electron chi connectivity index (χ0n) is 10.8. The SMILES string of the molecule is COc1ccccc1CC(CCl)c1ccccc1Br. The maximum Gasteiger partial charge on any atom is 0.122 e. The van der Waals surface area contributed by atoms with E-state index >= 15 is 0 Å². The van der Waals surface area contributed by atoms with Crippen LogP contribution in [-0.4, -0.2) is 13.0 Å². The van der Waals surface area contributed by atoms with Crippen molar-refractivity contribution < 1.29 is 4.74 Å². The van der Waals surface area contributed by atoms with E-state index in [-0.39, 0.29) is 5.92 Å². The van der Waals surface area contributed by atoms with E-state index in [1.54, 1.807) is 7.11 Å². The average Bonchev–Trinajstić information content (AvgIpc) is 2.46. The summed E-state index contributed by atoms with van der Waals surface area (Å²) in [5.41, 5.74) is 2.43. The van der Waals surface area contributed by atoms with Crippen LogP contribution in [0.3, 0.4) is 0 Å². The monoisotopic (exact) mass is 338 g/mol. The highest BCUT2D eigenvalue weighted by Gasteiger charge is 2.15. The molecule has 0 radical (unpaired) electrons. The Morgan fingerprint density at radius 2 is 1.79 bits per heavy atom. The largest absolute Gasteiger partial charge is 0.496 e. The standard InChI is InChI=1S/C16H16BrClO/c1-19-16-9-5-2-6-12(16)10-13(11-18)14-7-3-4-8-15(14)17/h2-9,13H,10-11H2,1H3. The van der Waals surface area contributed by atoms with Crippen LogP contribution in [-0.2, 0) is 6.42 Å². The van der Waals surface area contributed by atoms with Crippen molar-refractivity contribution in [2.24, 2.45) is 0 Å². The summed E-state index contributed by atoms with van der Waals surface area (Å²) >= 11 is 9.75. The highest BCUT2D eigenvalue weighted by atomic mass is 79.9. The van der Waals surface area contributed by atoms with Gasteiger partial charge in [0.25, 0.3) is 0 Å². The van der Waals surface area contributed by atoms with Crippen molar-refractivity contribution in [1.82, 2.24) is 0 Å². The van der Waals surface area contributed by atoms with Gasteiger partial charge >= 0.3 is 0 Å². The molecule has 0 aliphatic carbocycles. The number of alkyl halides is 1. The fourth-order valence-electron chi connectivity index (χ4n) is 2.19. The van der Waals surface area contributed by atoms with Crippen LogP contribution < -0.4 is 4.74 Å². The summed E-state index contributed by atoms with van der Waals surface area (Å²) < 4.78 is 6.51. The van der Waals surface area contributed by atoms with E-state index in [9.17, 15) is 0 Å². The Bertz CT molecular complexity index is 542. The summed E-state index contributed by atoms with van der Waals surface area (Å²) in [4.78, 5) is 0. The molecule has 0 amide bonds. The highest BCUT2D eigenvalue weighted by Crippen LogP contribution is 2.31. The van der Waals surface area contributed by atoms with Crippen LogP contribution in [0.2, 0.25) is 0 Å². The summed E-state index contributed by atoms with van der Waals surface area (Å²) in [6.45, 7) is 0. The minimum absolute atomic E-state index is 0.272. The van der Waals surface area contributed by atoms with Gasteiger partial charge in [-0.3, -0.25) is 0 Å². The summed E-state index contributed by atoms with van der Waals surface area (Å²) in [7, 11) is 1.70. The molecular weight excluding hydrogens is 324 g/mol. The van der Waals surface area contributed by atoms with E-state index in [1.807, 2.05) is 30.3 Å². The number of benzene rings is 2. The predicted molar refractivity (Wildman–Crippen MR) is 84.3 cm³/mol. The summed E-state index contributed by atoms with van der Waals surface area (Å²) in [6, 6.07) is 16.3. The first-order valence-electron chi connectivity index (χ1n) is 6.18. The molecule has 1 unspecified atom stereocenters. The molecule has 2 aromatic carbocycles. The highest BCUT2D eigenvalue weighted by molar-refractivity contribution is 9.10. The van der Waals surface area contributed by atoms with Gasteiger partial charge in [-0.25, -0.2) is 0 Å². The topological polar surface area (TPSA) is 9.23 Å². The number of rotatable bonds is 5. The van der Waals surface area contributed by atoms with E-state index in [4.69, 9.17) is 16.3 Å². The Kier molecular flexibility index (Phi) is 5.29. The van der Waals surface area contributed by atoms with Crippen molar-refractivity contribution in [3.05, 3.63) is 64.1 Å². The van der Waals surface area contributed by atoms with Crippen LogP contribution >= 0.6 is 27.5 Å². The Hall–Kier alpha value is -0.990. The molecule has 0 N–H and O–H groups in total. The molecule has 0 aromatic heterocycles. The van der Waals surface area contributed by atoms with Gasteiger partial charge in [0.2, 0.25) is 0 Å². The molecular formula is C16H16BrClO. The average molecular weight is 340 g/mol. The minimum Gasteiger partial charge on any atom is -0.496 e. The molecule has 3 heteroatoms. The molecule has 0 aliphatic rings. The first-order chi connectivity index (χ1) is 9.26. The normalized spacial score (nSPS) is 12.2. The summed E-state index contributed by atoms with van der Waals surface area (Å²) in [5, 5.41) is 0. The third-order valence-electron chi connectivity index (χ3n) is 3.19. The fraction of sp³-hybridized carbons (Fsp3) is 0.250. The first-order valence-corrected chi connectivity index (χ1v) is 7.51. The molecule has 2 rings (SSSR count). The van der Waals surface area contributed by atoms with E-state index in [0.717, 1.165) is 16.6 Å². The third kappa shape index (κ3) is 3.52. The van der Waals surface area contributed by atoms with E-state index in [0.29, 0.717) is 5.88 Å². The van der Waals surface area contributed by atoms with Crippen LogP contribution in [0, 0.1) is 0 Å². The van der Waals surface area contributed by atoms with Crippen LogP contribution in [0.25, 0.3) is 0 Å². The van der Waals surface area contributed by atoms with Gasteiger partial charge in [-0.1, -0.05) is 52.3 Å². The van der Waals surface area contributed by atoms with Crippen molar-refractivity contribution in [1.29, 1.82) is 0 Å². The molecule has 0 heterocycles. The van der Waals surface area contributed by atoms with Gasteiger partial charge < -0.3 is 4.74 Å². The Morgan fingerprint density at radius 1 is 1.11 bits per heavy atom. The van der Waals surface area contributed by atoms with Crippen LogP contribution in [0.4, 0.5) is 0 Å². The maximum atomic E-state index is 6.16. The lowest BCUT2D eigenvalue weighted by Gasteiger charge is -2.17. The lowest BCUT2D eigenvalue weighted by atomic mass is 9.93. The van der Waals surface area contributed by atoms with Gasteiger partial charge in [0.1, 0.15) is 5.75 Å². The van der Waals surface area contributed by atoms with Crippen molar-refractivity contribution in [3.63, 3.8) is 0 Å². The Labute approximate surface area is 127 Å². The van der Waals surface area contributed by atoms with E-state index < -0.39 is 0 Å².